The van der Waals surface area contributed by atoms with E-state index < -0.39 is 58.6 Å². The molecule has 9 atom stereocenters. The Hall–Kier alpha value is -3.22. The second kappa shape index (κ2) is 14.6. The van der Waals surface area contributed by atoms with Crippen LogP contribution in [0.4, 0.5) is 9.18 Å². The smallest absolute Gasteiger partial charge is 0.408 e. The second-order valence-electron chi connectivity index (χ2n) is 15.2. The molecule has 49 heavy (non-hydrogen) atoms. The fourth-order valence-electron chi connectivity index (χ4n) is 9.70. The number of hydrogen-bond donors (Lipinski definition) is 5. The first-order valence-corrected chi connectivity index (χ1v) is 17.8. The highest BCUT2D eigenvalue weighted by atomic mass is 19.1. The summed E-state index contributed by atoms with van der Waals surface area (Å²) >= 11 is 0. The summed E-state index contributed by atoms with van der Waals surface area (Å²) in [6.07, 6.45) is 12.1. The van der Waals surface area contributed by atoms with Gasteiger partial charge in [-0.25, -0.2) is 14.6 Å². The first-order chi connectivity index (χ1) is 23.2. The predicted octanol–water partition coefficient (Wildman–Crippen LogP) is 4.15. The molecule has 5 rings (SSSR count). The lowest BCUT2D eigenvalue weighted by Crippen LogP contribution is -2.69. The van der Waals surface area contributed by atoms with Crippen LogP contribution in [-0.2, 0) is 19.1 Å². The van der Waals surface area contributed by atoms with Crippen LogP contribution in [0.25, 0.3) is 0 Å². The zero-order valence-electron chi connectivity index (χ0n) is 28.9. The van der Waals surface area contributed by atoms with E-state index in [2.05, 4.69) is 15.8 Å². The van der Waals surface area contributed by atoms with Gasteiger partial charge in [-0.2, -0.15) is 5.10 Å². The van der Waals surface area contributed by atoms with Gasteiger partial charge in [-0.15, -0.1) is 0 Å². The Labute approximate surface area is 287 Å². The first-order valence-electron chi connectivity index (χ1n) is 17.8. The van der Waals surface area contributed by atoms with Gasteiger partial charge in [0.1, 0.15) is 11.7 Å². The van der Waals surface area contributed by atoms with Crippen LogP contribution in [0.3, 0.4) is 0 Å². The van der Waals surface area contributed by atoms with E-state index in [-0.39, 0.29) is 61.5 Å². The van der Waals surface area contributed by atoms with Crippen LogP contribution in [0.1, 0.15) is 97.8 Å². The molecule has 11 nitrogen and oxygen atoms in total. The van der Waals surface area contributed by atoms with Crippen LogP contribution in [-0.4, -0.2) is 81.2 Å². The third-order valence-electron chi connectivity index (χ3n) is 12.4. The number of hydrazone groups is 1. The minimum Gasteiger partial charge on any atom is -0.442 e. The molecule has 3 saturated carbocycles. The van der Waals surface area contributed by atoms with Crippen LogP contribution >= 0.6 is 0 Å². The van der Waals surface area contributed by atoms with Gasteiger partial charge in [0.2, 0.25) is 5.91 Å². The van der Waals surface area contributed by atoms with Crippen molar-refractivity contribution in [3.05, 3.63) is 36.0 Å². The number of carbonyl (C=O) groups is 4. The maximum Gasteiger partial charge on any atom is 0.408 e. The summed E-state index contributed by atoms with van der Waals surface area (Å²) in [4.78, 5) is 49.3. The summed E-state index contributed by atoms with van der Waals surface area (Å²) in [6, 6.07) is 0. The maximum absolute atomic E-state index is 17.4. The molecule has 0 aliphatic heterocycles. The number of hydrogen-bond acceptors (Lipinski definition) is 9. The third-order valence-corrected chi connectivity index (χ3v) is 12.4. The van der Waals surface area contributed by atoms with E-state index in [1.807, 2.05) is 19.1 Å². The molecule has 0 aromatic carbocycles. The number of aliphatic hydroxyl groups excluding tert-OH is 2. The summed E-state index contributed by atoms with van der Waals surface area (Å²) in [5.74, 6) is -2.46. The summed E-state index contributed by atoms with van der Waals surface area (Å²) in [7, 11) is 0. The number of ether oxygens (including phenoxy) is 1. The number of nitrogens with one attached hydrogen (secondary N) is 2. The summed E-state index contributed by atoms with van der Waals surface area (Å²) < 4.78 is 22.8. The molecule has 12 heteroatoms. The quantitative estimate of drug-likeness (QED) is 0.130. The Kier molecular flexibility index (Phi) is 11.0. The number of fused-ring (bicyclic) bond motifs is 5. The number of aliphatic hydroxyl groups is 3. The third kappa shape index (κ3) is 6.68. The average Bonchev–Trinajstić information content (AvgIpc) is 3.23. The highest BCUT2D eigenvalue weighted by Gasteiger charge is 2.75. The molecule has 2 amide bonds. The highest BCUT2D eigenvalue weighted by Crippen LogP contribution is 2.70. The number of Topliss-reactive ketones (excluding diaryl/α,β-unsaturated/α-hetero) is 1. The van der Waals surface area contributed by atoms with E-state index in [0.29, 0.717) is 24.8 Å². The molecule has 0 aromatic heterocycles. The van der Waals surface area contributed by atoms with Crippen molar-refractivity contribution in [2.75, 3.05) is 13.2 Å². The fraction of sp³-hybridized carbons (Fsp3) is 0.703. The molecule has 270 valence electrons. The van der Waals surface area contributed by atoms with E-state index in [4.69, 9.17) is 4.74 Å². The normalized spacial score (nSPS) is 39.3. The molecule has 5 N–H and O–H groups in total. The van der Waals surface area contributed by atoms with Crippen molar-refractivity contribution < 1.29 is 43.6 Å². The molecule has 0 radical (unpaired) electrons. The Bertz CT molecular complexity index is 1440. The standard InChI is InChI=1S/C37H52FN3O8/c1-23-18-29-28-15-14-24-19-25(43)16-17-34(24,2)36(28,38)31(45)20-35(29,3)37(23,48)30(22-42)40-41-32(46)13-9-10-26(44)21-39-33(47)49-27-11-7-5-4-6-8-12-27/h7,11,16-17,19,23,27-29,31,42,45,48H,4-6,8-10,12-15,18,20-22H2,1-3H3,(H,39,47)(H,41,46)/b11-7+,40-30-/t23-,27?,28+,29+,31+,34+,35+,36+,37+/m1/s1. The number of carbonyl (C=O) groups excluding carboxylic acids is 4. The predicted molar refractivity (Wildman–Crippen MR) is 180 cm³/mol. The number of allylic oxidation sites excluding steroid dienone is 5. The van der Waals surface area contributed by atoms with Crippen molar-refractivity contribution in [3.8, 4) is 0 Å². The van der Waals surface area contributed by atoms with Gasteiger partial charge in [0, 0.05) is 29.6 Å². The monoisotopic (exact) mass is 685 g/mol. The number of alkyl halides is 1. The number of nitrogens with zero attached hydrogens (tertiary/aromatic N) is 1. The van der Waals surface area contributed by atoms with Crippen molar-refractivity contribution >= 4 is 29.3 Å². The molecule has 0 heterocycles. The summed E-state index contributed by atoms with van der Waals surface area (Å²) in [6.45, 7) is 4.46. The van der Waals surface area contributed by atoms with Gasteiger partial charge in [0.05, 0.1) is 25.0 Å². The molecule has 0 spiro atoms. The average molecular weight is 686 g/mol. The van der Waals surface area contributed by atoms with E-state index in [1.165, 1.54) is 12.2 Å². The largest absolute Gasteiger partial charge is 0.442 e. The topological polar surface area (TPSA) is 175 Å². The van der Waals surface area contributed by atoms with Crippen molar-refractivity contribution in [3.63, 3.8) is 0 Å². The second-order valence-corrected chi connectivity index (χ2v) is 15.2. The van der Waals surface area contributed by atoms with E-state index in [0.717, 1.165) is 32.1 Å². The Morgan fingerprint density at radius 1 is 1.12 bits per heavy atom. The molecule has 5 aliphatic carbocycles. The Morgan fingerprint density at radius 3 is 2.65 bits per heavy atom. The van der Waals surface area contributed by atoms with Gasteiger partial charge in [-0.05, 0) is 94.8 Å². The SMILES string of the molecule is C[C@@H]1C[C@H]2[C@@H]3CCC4=CC(=O)C=C[C@]4(C)[C@@]3(F)[C@@H](O)C[C@]2(C)[C@@]1(O)/C(CO)=N\NC(=O)CCCC(=O)CNC(=O)OC1/C=C/CCCCC1. The van der Waals surface area contributed by atoms with Gasteiger partial charge in [-0.1, -0.05) is 38.0 Å². The number of alkyl carbamates (subject to hydrolysis) is 1. The van der Waals surface area contributed by atoms with Gasteiger partial charge in [0.25, 0.3) is 0 Å². The minimum atomic E-state index is -2.06. The lowest BCUT2D eigenvalue weighted by molar-refractivity contribution is -0.209. The lowest BCUT2D eigenvalue weighted by Gasteiger charge is -2.62. The van der Waals surface area contributed by atoms with Crippen LogP contribution in [0.15, 0.2) is 41.1 Å². The van der Waals surface area contributed by atoms with Crippen molar-refractivity contribution in [2.24, 2.45) is 33.7 Å². The summed E-state index contributed by atoms with van der Waals surface area (Å²) in [5.41, 5.74) is -3.04. The van der Waals surface area contributed by atoms with Gasteiger partial charge >= 0.3 is 6.09 Å². The van der Waals surface area contributed by atoms with Gasteiger partial charge in [-0.3, -0.25) is 14.4 Å². The number of amides is 2. The number of ketones is 2. The molecule has 3 fully saturated rings. The molecule has 0 bridgehead atoms. The first kappa shape index (κ1) is 37.0. The van der Waals surface area contributed by atoms with E-state index >= 15 is 4.39 Å². The van der Waals surface area contributed by atoms with Crippen LogP contribution in [0.5, 0.6) is 0 Å². The number of halogens is 1. The van der Waals surface area contributed by atoms with Crippen LogP contribution in [0, 0.1) is 28.6 Å². The van der Waals surface area contributed by atoms with E-state index in [9.17, 15) is 34.5 Å². The molecule has 0 saturated heterocycles. The van der Waals surface area contributed by atoms with Crippen molar-refractivity contribution in [1.29, 1.82) is 0 Å². The Morgan fingerprint density at radius 2 is 1.90 bits per heavy atom. The molecule has 5 aliphatic rings. The molecular formula is C37H52FN3O8. The Balaban J connectivity index is 1.17. The van der Waals surface area contributed by atoms with E-state index in [1.54, 1.807) is 19.9 Å². The fourth-order valence-corrected chi connectivity index (χ4v) is 9.70. The van der Waals surface area contributed by atoms with Crippen LogP contribution < -0.4 is 10.7 Å². The molecule has 0 aromatic rings. The van der Waals surface area contributed by atoms with Gasteiger partial charge in [0.15, 0.2) is 17.2 Å². The van der Waals surface area contributed by atoms with Crippen LogP contribution in [0.2, 0.25) is 0 Å². The van der Waals surface area contributed by atoms with Gasteiger partial charge < -0.3 is 25.4 Å². The van der Waals surface area contributed by atoms with Crippen molar-refractivity contribution in [1.82, 2.24) is 10.7 Å². The minimum absolute atomic E-state index is 0.0394. The molecular weight excluding hydrogens is 633 g/mol. The zero-order chi connectivity index (χ0) is 35.6. The molecule has 1 unspecified atom stereocenters. The zero-order valence-corrected chi connectivity index (χ0v) is 28.9. The maximum atomic E-state index is 17.4. The highest BCUT2D eigenvalue weighted by molar-refractivity contribution is 6.01. The van der Waals surface area contributed by atoms with Crippen molar-refractivity contribution in [2.45, 2.75) is 121 Å². The lowest BCUT2D eigenvalue weighted by atomic mass is 9.44. The number of rotatable bonds is 10. The summed E-state index contributed by atoms with van der Waals surface area (Å²) in [5, 5.41) is 41.0.